The Kier molecular flexibility index (Phi) is 4.32. The molecule has 2 aromatic rings. The van der Waals surface area contributed by atoms with E-state index in [9.17, 15) is 14.4 Å². The number of amides is 2. The highest BCUT2D eigenvalue weighted by atomic mass is 16.4. The minimum absolute atomic E-state index is 0.0228. The first-order valence-electron chi connectivity index (χ1n) is 8.28. The van der Waals surface area contributed by atoms with Crippen molar-refractivity contribution in [1.29, 1.82) is 0 Å². The van der Waals surface area contributed by atoms with Gasteiger partial charge >= 0.3 is 5.97 Å². The number of carbonyl (C=O) groups is 3. The Morgan fingerprint density at radius 1 is 1.36 bits per heavy atom. The number of carboxylic acid groups (broad SMARTS) is 1. The highest BCUT2D eigenvalue weighted by Gasteiger charge is 2.32. The Morgan fingerprint density at radius 3 is 2.76 bits per heavy atom. The Bertz CT molecular complexity index is 853. The van der Waals surface area contributed by atoms with Crippen LogP contribution in [-0.4, -0.2) is 32.7 Å². The normalized spacial score (nSPS) is 18.4. The molecule has 1 atom stereocenters. The molecule has 0 radical (unpaired) electrons. The molecule has 1 fully saturated rings. The van der Waals surface area contributed by atoms with Crippen LogP contribution in [0.4, 0.5) is 0 Å². The number of hydrogen-bond acceptors (Lipinski definition) is 4. The predicted octanol–water partition coefficient (Wildman–Crippen LogP) is 2.06. The van der Waals surface area contributed by atoms with Crippen LogP contribution in [0.2, 0.25) is 0 Å². The summed E-state index contributed by atoms with van der Waals surface area (Å²) in [6, 6.07) is 7.59. The van der Waals surface area contributed by atoms with Crippen LogP contribution in [0.3, 0.4) is 0 Å². The van der Waals surface area contributed by atoms with Gasteiger partial charge in [0.15, 0.2) is 0 Å². The first kappa shape index (κ1) is 17.1. The summed E-state index contributed by atoms with van der Waals surface area (Å²) in [6.45, 7) is 4.18. The lowest BCUT2D eigenvalue weighted by Gasteiger charge is -2.23. The average Bonchev–Trinajstić information content (AvgIpc) is 2.84. The molecular formula is C18H21N3O4. The van der Waals surface area contributed by atoms with Crippen molar-refractivity contribution in [2.24, 2.45) is 5.41 Å². The number of rotatable bonds is 5. The van der Waals surface area contributed by atoms with E-state index in [0.29, 0.717) is 25.1 Å². The number of carboxylic acids is 1. The third-order valence-corrected chi connectivity index (χ3v) is 4.46. The number of piperidine rings is 1. The third-order valence-electron chi connectivity index (χ3n) is 4.46. The molecule has 7 nitrogen and oxygen atoms in total. The molecule has 0 aliphatic carbocycles. The van der Waals surface area contributed by atoms with E-state index in [1.807, 2.05) is 38.1 Å². The number of aromatic nitrogens is 2. The van der Waals surface area contributed by atoms with Crippen LogP contribution < -0.4 is 5.32 Å². The molecule has 1 aliphatic heterocycles. The van der Waals surface area contributed by atoms with Crippen molar-refractivity contribution in [3.8, 4) is 0 Å². The number of fused-ring (bicyclic) bond motifs is 1. The molecule has 2 amide bonds. The van der Waals surface area contributed by atoms with Gasteiger partial charge in [-0.05, 0) is 17.9 Å². The second kappa shape index (κ2) is 6.31. The van der Waals surface area contributed by atoms with Crippen molar-refractivity contribution in [3.63, 3.8) is 0 Å². The summed E-state index contributed by atoms with van der Waals surface area (Å²) in [5.74, 6) is -1.90. The van der Waals surface area contributed by atoms with Crippen molar-refractivity contribution in [1.82, 2.24) is 15.1 Å². The molecule has 1 saturated heterocycles. The van der Waals surface area contributed by atoms with Gasteiger partial charge < -0.3 is 5.11 Å². The summed E-state index contributed by atoms with van der Waals surface area (Å²) in [5.41, 5.74) is 1.02. The summed E-state index contributed by atoms with van der Waals surface area (Å²) < 4.78 is 1.78. The van der Waals surface area contributed by atoms with E-state index in [1.54, 1.807) is 4.68 Å². The Morgan fingerprint density at radius 2 is 2.08 bits per heavy atom. The lowest BCUT2D eigenvalue weighted by molar-refractivity contribution is -0.139. The zero-order valence-corrected chi connectivity index (χ0v) is 14.3. The van der Waals surface area contributed by atoms with E-state index in [-0.39, 0.29) is 18.2 Å². The number of carbonyl (C=O) groups excluding carboxylic acids is 2. The Balaban J connectivity index is 2.00. The van der Waals surface area contributed by atoms with E-state index >= 15 is 0 Å². The van der Waals surface area contributed by atoms with Crippen LogP contribution in [0.1, 0.15) is 44.7 Å². The maximum absolute atomic E-state index is 12.2. The van der Waals surface area contributed by atoms with Crippen LogP contribution >= 0.6 is 0 Å². The van der Waals surface area contributed by atoms with Crippen LogP contribution in [0.5, 0.6) is 0 Å². The van der Waals surface area contributed by atoms with Gasteiger partial charge in [-0.15, -0.1) is 0 Å². The molecule has 3 rings (SSSR count). The Labute approximate surface area is 145 Å². The monoisotopic (exact) mass is 343 g/mol. The van der Waals surface area contributed by atoms with Crippen molar-refractivity contribution < 1.29 is 19.5 Å². The quantitative estimate of drug-likeness (QED) is 0.809. The SMILES string of the molecule is CC(C)(CC(=O)O)Cn1nc(C2CCC(=O)NC2=O)c2ccccc21. The predicted molar refractivity (Wildman–Crippen MR) is 90.9 cm³/mol. The number of nitrogens with zero attached hydrogens (tertiary/aromatic N) is 2. The first-order valence-corrected chi connectivity index (χ1v) is 8.28. The number of hydrogen-bond donors (Lipinski definition) is 2. The minimum Gasteiger partial charge on any atom is -0.481 e. The van der Waals surface area contributed by atoms with Gasteiger partial charge in [0, 0.05) is 18.4 Å². The molecule has 132 valence electrons. The molecule has 1 aliphatic rings. The van der Waals surface area contributed by atoms with Crippen molar-refractivity contribution in [2.75, 3.05) is 0 Å². The van der Waals surface area contributed by atoms with Crippen LogP contribution in [0, 0.1) is 5.41 Å². The number of imide groups is 1. The van der Waals surface area contributed by atoms with E-state index in [0.717, 1.165) is 10.9 Å². The van der Waals surface area contributed by atoms with Crippen LogP contribution in [0.15, 0.2) is 24.3 Å². The van der Waals surface area contributed by atoms with Gasteiger partial charge in [-0.3, -0.25) is 24.4 Å². The van der Waals surface area contributed by atoms with Gasteiger partial charge in [0.2, 0.25) is 11.8 Å². The van der Waals surface area contributed by atoms with E-state index in [4.69, 9.17) is 5.11 Å². The standard InChI is InChI=1S/C18H21N3O4/c1-18(2,9-15(23)24)10-21-13-6-4-3-5-11(13)16(20-21)12-7-8-14(22)19-17(12)25/h3-6,12H,7-10H2,1-2H3,(H,23,24)(H,19,22,25). The molecule has 1 aromatic heterocycles. The molecule has 1 aromatic carbocycles. The Hall–Kier alpha value is -2.70. The summed E-state index contributed by atoms with van der Waals surface area (Å²) in [4.78, 5) is 34.7. The van der Waals surface area contributed by atoms with E-state index < -0.39 is 17.3 Å². The molecule has 25 heavy (non-hydrogen) atoms. The zero-order chi connectivity index (χ0) is 18.2. The fourth-order valence-electron chi connectivity index (χ4n) is 3.36. The summed E-state index contributed by atoms with van der Waals surface area (Å²) in [5, 5.41) is 17.0. The van der Waals surface area contributed by atoms with Gasteiger partial charge in [0.1, 0.15) is 0 Å². The van der Waals surface area contributed by atoms with E-state index in [2.05, 4.69) is 10.4 Å². The maximum Gasteiger partial charge on any atom is 0.303 e. The van der Waals surface area contributed by atoms with Gasteiger partial charge in [-0.25, -0.2) is 0 Å². The number of nitrogens with one attached hydrogen (secondary N) is 1. The smallest absolute Gasteiger partial charge is 0.303 e. The molecule has 1 unspecified atom stereocenters. The molecule has 0 spiro atoms. The fourth-order valence-corrected chi connectivity index (χ4v) is 3.36. The van der Waals surface area contributed by atoms with Crippen molar-refractivity contribution in [3.05, 3.63) is 30.0 Å². The molecular weight excluding hydrogens is 322 g/mol. The van der Waals surface area contributed by atoms with Crippen molar-refractivity contribution in [2.45, 2.75) is 45.6 Å². The number of para-hydroxylation sites is 1. The average molecular weight is 343 g/mol. The number of aliphatic carboxylic acids is 1. The summed E-state index contributed by atoms with van der Waals surface area (Å²) in [7, 11) is 0. The van der Waals surface area contributed by atoms with Gasteiger partial charge in [-0.1, -0.05) is 32.0 Å². The van der Waals surface area contributed by atoms with Gasteiger partial charge in [-0.2, -0.15) is 5.10 Å². The zero-order valence-electron chi connectivity index (χ0n) is 14.3. The summed E-state index contributed by atoms with van der Waals surface area (Å²) in [6.07, 6.45) is 0.751. The fraction of sp³-hybridized carbons (Fsp3) is 0.444. The molecule has 0 saturated carbocycles. The topological polar surface area (TPSA) is 101 Å². The highest BCUT2D eigenvalue weighted by Crippen LogP contribution is 2.32. The summed E-state index contributed by atoms with van der Waals surface area (Å²) >= 11 is 0. The van der Waals surface area contributed by atoms with Crippen LogP contribution in [-0.2, 0) is 20.9 Å². The van der Waals surface area contributed by atoms with Gasteiger partial charge in [0.05, 0.1) is 23.5 Å². The lowest BCUT2D eigenvalue weighted by Crippen LogP contribution is -2.39. The lowest BCUT2D eigenvalue weighted by atomic mass is 9.89. The minimum atomic E-state index is -0.855. The second-order valence-electron chi connectivity index (χ2n) is 7.30. The van der Waals surface area contributed by atoms with E-state index in [1.165, 1.54) is 0 Å². The number of benzene rings is 1. The van der Waals surface area contributed by atoms with Crippen LogP contribution in [0.25, 0.3) is 10.9 Å². The van der Waals surface area contributed by atoms with Crippen molar-refractivity contribution >= 4 is 28.7 Å². The van der Waals surface area contributed by atoms with Gasteiger partial charge in [0.25, 0.3) is 0 Å². The third kappa shape index (κ3) is 3.55. The molecule has 2 heterocycles. The molecule has 7 heteroatoms. The largest absolute Gasteiger partial charge is 0.481 e. The first-order chi connectivity index (χ1) is 11.8. The highest BCUT2D eigenvalue weighted by molar-refractivity contribution is 6.02. The molecule has 2 N–H and O–H groups in total. The maximum atomic E-state index is 12.2. The second-order valence-corrected chi connectivity index (χ2v) is 7.30. The molecule has 0 bridgehead atoms.